The molecule has 18 heavy (non-hydrogen) atoms. The Morgan fingerprint density at radius 3 is 2.94 bits per heavy atom. The molecular weight excluding hydrogens is 242 g/mol. The molecule has 1 atom stereocenters. The molecule has 3 nitrogen and oxygen atoms in total. The third-order valence-electron chi connectivity index (χ3n) is 3.71. The first-order valence-electron chi connectivity index (χ1n) is 6.60. The Bertz CT molecular complexity index is 517. The molecule has 0 radical (unpaired) electrons. The summed E-state index contributed by atoms with van der Waals surface area (Å²) < 4.78 is 2.01. The molecule has 2 heterocycles. The highest BCUT2D eigenvalue weighted by molar-refractivity contribution is 7.12. The van der Waals surface area contributed by atoms with Crippen LogP contribution in [-0.4, -0.2) is 9.55 Å². The van der Waals surface area contributed by atoms with Crippen LogP contribution in [0.2, 0.25) is 0 Å². The lowest BCUT2D eigenvalue weighted by Gasteiger charge is -2.09. The quantitative estimate of drug-likeness (QED) is 0.845. The molecule has 2 N–H and O–H groups in total. The van der Waals surface area contributed by atoms with E-state index in [1.54, 1.807) is 4.88 Å². The van der Waals surface area contributed by atoms with Gasteiger partial charge < -0.3 is 10.3 Å². The van der Waals surface area contributed by atoms with Crippen LogP contribution in [-0.2, 0) is 19.9 Å². The van der Waals surface area contributed by atoms with Gasteiger partial charge >= 0.3 is 0 Å². The van der Waals surface area contributed by atoms with Crippen LogP contribution >= 0.6 is 11.3 Å². The van der Waals surface area contributed by atoms with Gasteiger partial charge in [-0.15, -0.1) is 11.3 Å². The summed E-state index contributed by atoms with van der Waals surface area (Å²) in [5, 5.41) is 0. The maximum Gasteiger partial charge on any atom is 0.130 e. The molecule has 3 rings (SSSR count). The second kappa shape index (κ2) is 4.86. The van der Waals surface area contributed by atoms with Crippen molar-refractivity contribution in [2.24, 2.45) is 12.8 Å². The summed E-state index contributed by atoms with van der Waals surface area (Å²) in [5.74, 6) is 0.950. The number of fused-ring (bicyclic) bond motifs is 1. The summed E-state index contributed by atoms with van der Waals surface area (Å²) in [4.78, 5) is 7.17. The number of thiophene rings is 1. The summed E-state index contributed by atoms with van der Waals surface area (Å²) in [5.41, 5.74) is 7.86. The van der Waals surface area contributed by atoms with E-state index >= 15 is 0 Å². The van der Waals surface area contributed by atoms with Crippen molar-refractivity contribution in [1.82, 2.24) is 9.55 Å². The molecule has 0 amide bonds. The fourth-order valence-corrected chi connectivity index (χ4v) is 3.90. The zero-order chi connectivity index (χ0) is 12.5. The molecule has 0 fully saturated rings. The Hall–Kier alpha value is -1.13. The van der Waals surface area contributed by atoms with Gasteiger partial charge in [0.05, 0.1) is 6.04 Å². The van der Waals surface area contributed by atoms with Gasteiger partial charge in [-0.1, -0.05) is 6.42 Å². The van der Waals surface area contributed by atoms with Crippen molar-refractivity contribution in [2.45, 2.75) is 38.1 Å². The lowest BCUT2D eigenvalue weighted by atomic mass is 10.1. The number of imidazole rings is 1. The maximum absolute atomic E-state index is 6.34. The molecule has 2 aromatic rings. The lowest BCUT2D eigenvalue weighted by molar-refractivity contribution is 0.709. The average Bonchev–Trinajstić information content (AvgIpc) is 2.90. The first kappa shape index (κ1) is 11.9. The monoisotopic (exact) mass is 261 g/mol. The van der Waals surface area contributed by atoms with Crippen LogP contribution in [0.5, 0.6) is 0 Å². The fraction of sp³-hybridized carbons (Fsp3) is 0.500. The molecular formula is C14H19N3S. The van der Waals surface area contributed by atoms with Gasteiger partial charge in [0.15, 0.2) is 0 Å². The number of hydrogen-bond acceptors (Lipinski definition) is 3. The van der Waals surface area contributed by atoms with Crippen LogP contribution in [0.15, 0.2) is 18.5 Å². The summed E-state index contributed by atoms with van der Waals surface area (Å²) in [6.45, 7) is 0. The molecule has 0 spiro atoms. The normalized spacial score (nSPS) is 17.2. The molecule has 1 unspecified atom stereocenters. The minimum atomic E-state index is -0.0815. The molecule has 1 aliphatic carbocycles. The molecule has 0 saturated heterocycles. The Balaban J connectivity index is 1.91. The van der Waals surface area contributed by atoms with Gasteiger partial charge in [-0.25, -0.2) is 4.98 Å². The zero-order valence-electron chi connectivity index (χ0n) is 10.7. The third kappa shape index (κ3) is 2.10. The van der Waals surface area contributed by atoms with Crippen LogP contribution in [0.25, 0.3) is 0 Å². The minimum absolute atomic E-state index is 0.0815. The van der Waals surface area contributed by atoms with Gasteiger partial charge in [0.1, 0.15) is 5.82 Å². The van der Waals surface area contributed by atoms with Crippen LogP contribution in [0.4, 0.5) is 0 Å². The van der Waals surface area contributed by atoms with Crippen molar-refractivity contribution in [3.63, 3.8) is 0 Å². The number of aryl methyl sites for hydroxylation is 3. The van der Waals surface area contributed by atoms with E-state index in [1.807, 2.05) is 35.3 Å². The number of nitrogens with two attached hydrogens (primary N) is 1. The Morgan fingerprint density at radius 1 is 1.33 bits per heavy atom. The summed E-state index contributed by atoms with van der Waals surface area (Å²) in [6, 6.07) is 2.23. The smallest absolute Gasteiger partial charge is 0.130 e. The van der Waals surface area contributed by atoms with E-state index in [2.05, 4.69) is 11.1 Å². The summed E-state index contributed by atoms with van der Waals surface area (Å²) in [7, 11) is 2.00. The van der Waals surface area contributed by atoms with Crippen molar-refractivity contribution < 1.29 is 0 Å². The van der Waals surface area contributed by atoms with Crippen molar-refractivity contribution in [2.75, 3.05) is 0 Å². The highest BCUT2D eigenvalue weighted by Crippen LogP contribution is 2.33. The Kier molecular flexibility index (Phi) is 3.22. The van der Waals surface area contributed by atoms with E-state index in [-0.39, 0.29) is 6.04 Å². The summed E-state index contributed by atoms with van der Waals surface area (Å²) in [6.07, 6.45) is 10.2. The van der Waals surface area contributed by atoms with Crippen LogP contribution in [0, 0.1) is 0 Å². The van der Waals surface area contributed by atoms with E-state index in [1.165, 1.54) is 42.5 Å². The fourth-order valence-electron chi connectivity index (χ4n) is 2.65. The number of rotatable bonds is 2. The van der Waals surface area contributed by atoms with Crippen molar-refractivity contribution in [3.05, 3.63) is 39.6 Å². The Labute approximate surface area is 112 Å². The molecule has 0 saturated carbocycles. The van der Waals surface area contributed by atoms with Crippen LogP contribution < -0.4 is 5.73 Å². The first-order valence-corrected chi connectivity index (χ1v) is 7.41. The number of hydrogen-bond donors (Lipinski definition) is 1. The SMILES string of the molecule is Cn1ccnc1C(N)c1cc2c(s1)CCCCC2. The van der Waals surface area contributed by atoms with E-state index < -0.39 is 0 Å². The van der Waals surface area contributed by atoms with Crippen molar-refractivity contribution >= 4 is 11.3 Å². The van der Waals surface area contributed by atoms with Gasteiger partial charge in [0.2, 0.25) is 0 Å². The number of nitrogens with zero attached hydrogens (tertiary/aromatic N) is 2. The van der Waals surface area contributed by atoms with E-state index in [9.17, 15) is 0 Å². The molecule has 96 valence electrons. The number of aromatic nitrogens is 2. The van der Waals surface area contributed by atoms with E-state index in [4.69, 9.17) is 5.73 Å². The molecule has 0 aliphatic heterocycles. The second-order valence-corrected chi connectivity index (χ2v) is 6.20. The third-order valence-corrected chi connectivity index (χ3v) is 5.03. The van der Waals surface area contributed by atoms with Crippen molar-refractivity contribution in [3.8, 4) is 0 Å². The lowest BCUT2D eigenvalue weighted by Crippen LogP contribution is -2.15. The second-order valence-electron chi connectivity index (χ2n) is 5.03. The minimum Gasteiger partial charge on any atom is -0.336 e. The topological polar surface area (TPSA) is 43.8 Å². The highest BCUT2D eigenvalue weighted by atomic mass is 32.1. The molecule has 1 aliphatic rings. The van der Waals surface area contributed by atoms with Gasteiger partial charge in [-0.3, -0.25) is 0 Å². The van der Waals surface area contributed by atoms with Crippen LogP contribution in [0.3, 0.4) is 0 Å². The van der Waals surface area contributed by atoms with Gasteiger partial charge in [0, 0.05) is 29.2 Å². The van der Waals surface area contributed by atoms with E-state index in [0.29, 0.717) is 0 Å². The maximum atomic E-state index is 6.34. The predicted octanol–water partition coefficient (Wildman–Crippen LogP) is 2.80. The largest absolute Gasteiger partial charge is 0.336 e. The van der Waals surface area contributed by atoms with Gasteiger partial charge in [-0.05, 0) is 37.3 Å². The first-order chi connectivity index (χ1) is 8.75. The molecule has 0 bridgehead atoms. The zero-order valence-corrected chi connectivity index (χ0v) is 11.5. The van der Waals surface area contributed by atoms with Crippen molar-refractivity contribution in [1.29, 1.82) is 0 Å². The van der Waals surface area contributed by atoms with Crippen LogP contribution in [0.1, 0.15) is 46.4 Å². The van der Waals surface area contributed by atoms with E-state index in [0.717, 1.165) is 5.82 Å². The molecule has 2 aromatic heterocycles. The predicted molar refractivity (Wildman–Crippen MR) is 74.8 cm³/mol. The van der Waals surface area contributed by atoms with Gasteiger partial charge in [0.25, 0.3) is 0 Å². The van der Waals surface area contributed by atoms with Gasteiger partial charge in [-0.2, -0.15) is 0 Å². The Morgan fingerprint density at radius 2 is 2.17 bits per heavy atom. The average molecular weight is 261 g/mol. The summed E-state index contributed by atoms with van der Waals surface area (Å²) >= 11 is 1.89. The standard InChI is InChI=1S/C14H19N3S/c1-17-8-7-16-14(17)13(15)12-9-10-5-3-2-4-6-11(10)18-12/h7-9,13H,2-6,15H2,1H3. The molecule has 4 heteroatoms. The highest BCUT2D eigenvalue weighted by Gasteiger charge is 2.19. The molecule has 0 aromatic carbocycles.